The Hall–Kier alpha value is -2.82. The number of amides is 1. The quantitative estimate of drug-likeness (QED) is 0.856. The molecule has 0 bridgehead atoms. The second-order valence-corrected chi connectivity index (χ2v) is 5.86. The third kappa shape index (κ3) is 4.13. The molecule has 0 spiro atoms. The lowest BCUT2D eigenvalue weighted by atomic mass is 10.1. The van der Waals surface area contributed by atoms with Gasteiger partial charge >= 0.3 is 5.97 Å². The molecule has 0 saturated carbocycles. The molecular formula is C19H19NO4. The van der Waals surface area contributed by atoms with Crippen molar-refractivity contribution in [3.63, 3.8) is 0 Å². The Morgan fingerprint density at radius 1 is 1.08 bits per heavy atom. The van der Waals surface area contributed by atoms with Gasteiger partial charge in [0.1, 0.15) is 5.75 Å². The monoisotopic (exact) mass is 325 g/mol. The lowest BCUT2D eigenvalue weighted by Crippen LogP contribution is -2.14. The van der Waals surface area contributed by atoms with Crippen LogP contribution in [0, 0.1) is 0 Å². The fourth-order valence-electron chi connectivity index (χ4n) is 2.75. The average Bonchev–Trinajstić information content (AvgIpc) is 3.01. The molecule has 0 aromatic heterocycles. The van der Waals surface area contributed by atoms with Gasteiger partial charge < -0.3 is 15.2 Å². The highest BCUT2D eigenvalue weighted by Gasteiger charge is 2.13. The van der Waals surface area contributed by atoms with E-state index in [1.54, 1.807) is 12.1 Å². The van der Waals surface area contributed by atoms with Crippen LogP contribution in [-0.4, -0.2) is 23.6 Å². The number of benzene rings is 2. The Bertz CT molecular complexity index is 752. The molecule has 5 nitrogen and oxygen atoms in total. The van der Waals surface area contributed by atoms with Gasteiger partial charge in [0.2, 0.25) is 5.91 Å². The van der Waals surface area contributed by atoms with Gasteiger partial charge in [-0.05, 0) is 41.3 Å². The molecule has 2 N–H and O–H groups in total. The van der Waals surface area contributed by atoms with Gasteiger partial charge in [0.15, 0.2) is 0 Å². The number of fused-ring (bicyclic) bond motifs is 1. The summed E-state index contributed by atoms with van der Waals surface area (Å²) >= 11 is 0. The van der Waals surface area contributed by atoms with Crippen molar-refractivity contribution in [2.45, 2.75) is 25.7 Å². The summed E-state index contributed by atoms with van der Waals surface area (Å²) in [4.78, 5) is 22.7. The number of carbonyl (C=O) groups excluding carboxylic acids is 1. The Balaban J connectivity index is 1.55. The molecule has 0 aliphatic carbocycles. The van der Waals surface area contributed by atoms with E-state index < -0.39 is 5.97 Å². The molecule has 124 valence electrons. The molecule has 2 aromatic carbocycles. The minimum absolute atomic E-state index is 0.0767. The molecule has 24 heavy (non-hydrogen) atoms. The normalized spacial score (nSPS) is 12.3. The van der Waals surface area contributed by atoms with Crippen LogP contribution in [0.1, 0.15) is 23.1 Å². The maximum Gasteiger partial charge on any atom is 0.303 e. The van der Waals surface area contributed by atoms with Crippen molar-refractivity contribution >= 4 is 17.6 Å². The van der Waals surface area contributed by atoms with Gasteiger partial charge in [-0.15, -0.1) is 0 Å². The largest absolute Gasteiger partial charge is 0.493 e. The van der Waals surface area contributed by atoms with Crippen molar-refractivity contribution in [3.05, 3.63) is 59.2 Å². The zero-order chi connectivity index (χ0) is 16.9. The van der Waals surface area contributed by atoms with Crippen molar-refractivity contribution in [1.29, 1.82) is 0 Å². The molecule has 2 aromatic rings. The Morgan fingerprint density at radius 2 is 1.83 bits per heavy atom. The van der Waals surface area contributed by atoms with Gasteiger partial charge in [0.25, 0.3) is 0 Å². The number of rotatable bonds is 6. The van der Waals surface area contributed by atoms with Gasteiger partial charge in [0, 0.05) is 18.5 Å². The summed E-state index contributed by atoms with van der Waals surface area (Å²) in [7, 11) is 0. The Kier molecular flexibility index (Phi) is 4.79. The van der Waals surface area contributed by atoms with Crippen LogP contribution in [0.15, 0.2) is 42.5 Å². The highest BCUT2D eigenvalue weighted by molar-refractivity contribution is 5.92. The molecule has 0 radical (unpaired) electrons. The van der Waals surface area contributed by atoms with Crippen LogP contribution in [0.2, 0.25) is 0 Å². The third-order valence-electron chi connectivity index (χ3n) is 3.98. The molecule has 1 heterocycles. The molecule has 0 saturated heterocycles. The van der Waals surface area contributed by atoms with Crippen LogP contribution < -0.4 is 10.1 Å². The van der Waals surface area contributed by atoms with Crippen molar-refractivity contribution in [2.75, 3.05) is 11.9 Å². The zero-order valence-corrected chi connectivity index (χ0v) is 13.2. The first-order valence-electron chi connectivity index (χ1n) is 7.95. The number of nitrogens with one attached hydrogen (secondary N) is 1. The van der Waals surface area contributed by atoms with Gasteiger partial charge in [-0.2, -0.15) is 0 Å². The van der Waals surface area contributed by atoms with Crippen LogP contribution in [0.3, 0.4) is 0 Å². The smallest absolute Gasteiger partial charge is 0.303 e. The SMILES string of the molecule is O=C(O)CCc1ccc(NC(=O)Cc2ccc3c(c2)CCO3)cc1. The number of carboxylic acids is 1. The van der Waals surface area contributed by atoms with E-state index in [9.17, 15) is 9.59 Å². The lowest BCUT2D eigenvalue weighted by Gasteiger charge is -2.07. The number of hydrogen-bond acceptors (Lipinski definition) is 3. The topological polar surface area (TPSA) is 75.6 Å². The lowest BCUT2D eigenvalue weighted by molar-refractivity contribution is -0.137. The van der Waals surface area contributed by atoms with E-state index in [2.05, 4.69) is 5.32 Å². The Morgan fingerprint density at radius 3 is 2.58 bits per heavy atom. The van der Waals surface area contributed by atoms with E-state index in [1.807, 2.05) is 30.3 Å². The van der Waals surface area contributed by atoms with E-state index in [-0.39, 0.29) is 12.3 Å². The predicted molar refractivity (Wildman–Crippen MR) is 90.4 cm³/mol. The molecule has 0 atom stereocenters. The number of hydrogen-bond donors (Lipinski definition) is 2. The van der Waals surface area contributed by atoms with Crippen LogP contribution >= 0.6 is 0 Å². The summed E-state index contributed by atoms with van der Waals surface area (Å²) in [6, 6.07) is 13.1. The minimum Gasteiger partial charge on any atom is -0.493 e. The number of aliphatic carboxylic acids is 1. The van der Waals surface area contributed by atoms with Crippen molar-refractivity contribution in [2.24, 2.45) is 0 Å². The zero-order valence-electron chi connectivity index (χ0n) is 13.2. The van der Waals surface area contributed by atoms with Crippen LogP contribution in [-0.2, 0) is 28.9 Å². The van der Waals surface area contributed by atoms with Crippen LogP contribution in [0.25, 0.3) is 0 Å². The summed E-state index contributed by atoms with van der Waals surface area (Å²) in [5, 5.41) is 11.5. The predicted octanol–water partition coefficient (Wildman–Crippen LogP) is 2.82. The number of anilines is 1. The molecule has 1 aliphatic heterocycles. The summed E-state index contributed by atoms with van der Waals surface area (Å²) < 4.78 is 5.46. The fourth-order valence-corrected chi connectivity index (χ4v) is 2.75. The Labute approximate surface area is 140 Å². The van der Waals surface area contributed by atoms with Crippen LogP contribution in [0.5, 0.6) is 5.75 Å². The first kappa shape index (κ1) is 16.1. The molecular weight excluding hydrogens is 306 g/mol. The number of aryl methyl sites for hydroxylation is 1. The summed E-state index contributed by atoms with van der Waals surface area (Å²) in [6.07, 6.45) is 1.80. The third-order valence-corrected chi connectivity index (χ3v) is 3.98. The molecule has 1 amide bonds. The maximum atomic E-state index is 12.2. The second-order valence-electron chi connectivity index (χ2n) is 5.86. The fraction of sp³-hybridized carbons (Fsp3) is 0.263. The van der Waals surface area contributed by atoms with E-state index in [4.69, 9.17) is 9.84 Å². The van der Waals surface area contributed by atoms with E-state index in [0.29, 0.717) is 25.1 Å². The molecule has 0 unspecified atom stereocenters. The summed E-state index contributed by atoms with van der Waals surface area (Å²) in [5.74, 6) is 0.0235. The van der Waals surface area contributed by atoms with Crippen molar-refractivity contribution in [1.82, 2.24) is 0 Å². The summed E-state index contributed by atoms with van der Waals surface area (Å²) in [5.41, 5.74) is 3.77. The minimum atomic E-state index is -0.813. The number of carboxylic acid groups (broad SMARTS) is 1. The molecule has 3 rings (SSSR count). The summed E-state index contributed by atoms with van der Waals surface area (Å²) in [6.45, 7) is 0.708. The average molecular weight is 325 g/mol. The van der Waals surface area contributed by atoms with E-state index in [1.165, 1.54) is 0 Å². The van der Waals surface area contributed by atoms with Gasteiger partial charge in [0.05, 0.1) is 13.0 Å². The van der Waals surface area contributed by atoms with Crippen molar-refractivity contribution < 1.29 is 19.4 Å². The first-order chi connectivity index (χ1) is 11.6. The number of carbonyl (C=O) groups is 2. The van der Waals surface area contributed by atoms with Crippen LogP contribution in [0.4, 0.5) is 5.69 Å². The molecule has 1 aliphatic rings. The maximum absolute atomic E-state index is 12.2. The molecule has 0 fully saturated rings. The van der Waals surface area contributed by atoms with Gasteiger partial charge in [-0.3, -0.25) is 9.59 Å². The van der Waals surface area contributed by atoms with E-state index in [0.717, 1.165) is 28.9 Å². The first-order valence-corrected chi connectivity index (χ1v) is 7.95. The standard InChI is InChI=1S/C19H19NO4/c21-18(12-14-3-7-17-15(11-14)9-10-24-17)20-16-5-1-13(2-6-16)4-8-19(22)23/h1-3,5-7,11H,4,8-10,12H2,(H,20,21)(H,22,23). The highest BCUT2D eigenvalue weighted by atomic mass is 16.5. The highest BCUT2D eigenvalue weighted by Crippen LogP contribution is 2.26. The molecule has 5 heteroatoms. The van der Waals surface area contributed by atoms with Gasteiger partial charge in [-0.1, -0.05) is 24.3 Å². The van der Waals surface area contributed by atoms with Gasteiger partial charge in [-0.25, -0.2) is 0 Å². The van der Waals surface area contributed by atoms with Crippen molar-refractivity contribution in [3.8, 4) is 5.75 Å². The van der Waals surface area contributed by atoms with E-state index >= 15 is 0 Å². The second kappa shape index (κ2) is 7.17. The number of ether oxygens (including phenoxy) is 1.